The predicted molar refractivity (Wildman–Crippen MR) is 83.5 cm³/mol. The highest BCUT2D eigenvalue weighted by Gasteiger charge is 2.08. The summed E-state index contributed by atoms with van der Waals surface area (Å²) in [5.74, 6) is 0.707. The Morgan fingerprint density at radius 2 is 1.89 bits per heavy atom. The van der Waals surface area contributed by atoms with Crippen LogP contribution in [0.15, 0.2) is 38.0 Å². The van der Waals surface area contributed by atoms with Crippen LogP contribution in [0.3, 0.4) is 0 Å². The van der Waals surface area contributed by atoms with E-state index in [9.17, 15) is 4.79 Å². The zero-order valence-electron chi connectivity index (χ0n) is 10.5. The van der Waals surface area contributed by atoms with Gasteiger partial charge in [0.1, 0.15) is 10.3 Å². The summed E-state index contributed by atoms with van der Waals surface area (Å²) in [6.45, 7) is 2.07. The van der Waals surface area contributed by atoms with Gasteiger partial charge in [-0.25, -0.2) is 4.98 Å². The van der Waals surface area contributed by atoms with Crippen LogP contribution in [0.5, 0.6) is 0 Å². The minimum absolute atomic E-state index is 0.106. The van der Waals surface area contributed by atoms with Crippen molar-refractivity contribution in [2.45, 2.75) is 26.2 Å². The summed E-state index contributed by atoms with van der Waals surface area (Å²) in [5, 5.41) is 0. The Kier molecular flexibility index (Phi) is 4.93. The minimum Gasteiger partial charge on any atom is -0.309 e. The number of benzene rings is 1. The van der Waals surface area contributed by atoms with Crippen LogP contribution in [0.25, 0.3) is 0 Å². The van der Waals surface area contributed by atoms with E-state index in [4.69, 9.17) is 0 Å². The Morgan fingerprint density at radius 3 is 2.53 bits per heavy atom. The average Bonchev–Trinajstić information content (AvgIpc) is 2.38. The number of nitrogens with one attached hydrogen (secondary N) is 1. The predicted octanol–water partition coefficient (Wildman–Crippen LogP) is 3.84. The van der Waals surface area contributed by atoms with Crippen molar-refractivity contribution in [1.29, 1.82) is 0 Å². The minimum atomic E-state index is -0.106. The van der Waals surface area contributed by atoms with Crippen molar-refractivity contribution in [1.82, 2.24) is 9.97 Å². The molecule has 2 aromatic rings. The fraction of sp³-hybridized carbons (Fsp3) is 0.286. The van der Waals surface area contributed by atoms with Gasteiger partial charge in [0, 0.05) is 10.9 Å². The van der Waals surface area contributed by atoms with Crippen LogP contribution in [0.2, 0.25) is 0 Å². The molecular weight excluding hydrogens is 372 g/mol. The number of H-pyrrole nitrogens is 1. The van der Waals surface area contributed by atoms with Crippen LogP contribution in [-0.4, -0.2) is 9.97 Å². The van der Waals surface area contributed by atoms with Crippen molar-refractivity contribution in [2.75, 3.05) is 0 Å². The van der Waals surface area contributed by atoms with E-state index in [0.29, 0.717) is 16.7 Å². The van der Waals surface area contributed by atoms with Gasteiger partial charge in [-0.2, -0.15) is 0 Å². The largest absolute Gasteiger partial charge is 0.309 e. The molecule has 3 nitrogen and oxygen atoms in total. The van der Waals surface area contributed by atoms with Gasteiger partial charge in [0.15, 0.2) is 0 Å². The van der Waals surface area contributed by atoms with Gasteiger partial charge in [-0.05, 0) is 40.0 Å². The summed E-state index contributed by atoms with van der Waals surface area (Å²) in [4.78, 5) is 19.2. The molecule has 0 unspecified atom stereocenters. The summed E-state index contributed by atoms with van der Waals surface area (Å²) in [6.07, 6.45) is 2.40. The number of aromatic nitrogens is 2. The zero-order valence-corrected chi connectivity index (χ0v) is 13.7. The number of hydrogen-bond acceptors (Lipinski definition) is 2. The molecule has 0 aliphatic rings. The van der Waals surface area contributed by atoms with E-state index in [1.165, 1.54) is 0 Å². The number of aryl methyl sites for hydroxylation is 1. The monoisotopic (exact) mass is 384 g/mol. The first-order valence-electron chi connectivity index (χ1n) is 6.12. The Bertz CT molecular complexity index is 620. The lowest BCUT2D eigenvalue weighted by Gasteiger charge is -2.06. The van der Waals surface area contributed by atoms with E-state index in [-0.39, 0.29) is 5.56 Å². The average molecular weight is 386 g/mol. The first-order valence-corrected chi connectivity index (χ1v) is 7.70. The first kappa shape index (κ1) is 14.5. The molecule has 100 valence electrons. The summed E-state index contributed by atoms with van der Waals surface area (Å²) >= 11 is 6.70. The van der Waals surface area contributed by atoms with Crippen molar-refractivity contribution in [3.8, 4) is 0 Å². The second-order valence-electron chi connectivity index (χ2n) is 4.33. The highest BCUT2D eigenvalue weighted by Crippen LogP contribution is 2.15. The normalized spacial score (nSPS) is 10.7. The van der Waals surface area contributed by atoms with E-state index in [1.54, 1.807) is 0 Å². The zero-order chi connectivity index (χ0) is 13.8. The molecular formula is C14H14Br2N2O. The van der Waals surface area contributed by atoms with Gasteiger partial charge in [0.25, 0.3) is 5.56 Å². The highest BCUT2D eigenvalue weighted by atomic mass is 79.9. The van der Waals surface area contributed by atoms with Gasteiger partial charge in [0.05, 0.1) is 5.69 Å². The smallest absolute Gasteiger partial charge is 0.265 e. The lowest BCUT2D eigenvalue weighted by atomic mass is 10.1. The third-order valence-corrected chi connectivity index (χ3v) is 4.10. The second kappa shape index (κ2) is 6.48. The molecule has 2 rings (SSSR count). The van der Waals surface area contributed by atoms with Gasteiger partial charge >= 0.3 is 0 Å². The number of halogens is 2. The van der Waals surface area contributed by atoms with Crippen molar-refractivity contribution in [2.24, 2.45) is 0 Å². The Balaban J connectivity index is 2.30. The highest BCUT2D eigenvalue weighted by molar-refractivity contribution is 9.10. The fourth-order valence-electron chi connectivity index (χ4n) is 1.84. The first-order chi connectivity index (χ1) is 9.10. The Morgan fingerprint density at radius 1 is 1.21 bits per heavy atom. The van der Waals surface area contributed by atoms with Crippen LogP contribution in [0.1, 0.15) is 30.4 Å². The molecule has 1 aromatic carbocycles. The number of rotatable bonds is 4. The van der Waals surface area contributed by atoms with Crippen LogP contribution in [-0.2, 0) is 12.8 Å². The summed E-state index contributed by atoms with van der Waals surface area (Å²) in [5.41, 5.74) is 1.85. The molecule has 5 heteroatoms. The second-order valence-corrected chi connectivity index (χ2v) is 6.04. The molecule has 0 aliphatic heterocycles. The fourth-order valence-corrected chi connectivity index (χ4v) is 2.49. The lowest BCUT2D eigenvalue weighted by molar-refractivity contribution is 0.823. The van der Waals surface area contributed by atoms with Gasteiger partial charge in [-0.15, -0.1) is 0 Å². The van der Waals surface area contributed by atoms with Crippen LogP contribution in [0.4, 0.5) is 0 Å². The Hall–Kier alpha value is -0.940. The number of aromatic amines is 1. The van der Waals surface area contributed by atoms with E-state index in [1.807, 2.05) is 24.3 Å². The molecule has 0 saturated heterocycles. The summed E-state index contributed by atoms with van der Waals surface area (Å²) in [6, 6.07) is 8.01. The van der Waals surface area contributed by atoms with Crippen molar-refractivity contribution >= 4 is 31.9 Å². The van der Waals surface area contributed by atoms with E-state index < -0.39 is 0 Å². The van der Waals surface area contributed by atoms with E-state index >= 15 is 0 Å². The molecule has 0 saturated carbocycles. The molecule has 0 spiro atoms. The van der Waals surface area contributed by atoms with E-state index in [2.05, 4.69) is 48.8 Å². The van der Waals surface area contributed by atoms with Gasteiger partial charge in [-0.1, -0.05) is 41.4 Å². The quantitative estimate of drug-likeness (QED) is 0.868. The van der Waals surface area contributed by atoms with E-state index in [0.717, 1.165) is 28.6 Å². The lowest BCUT2D eigenvalue weighted by Crippen LogP contribution is -2.16. The number of nitrogens with zero attached hydrogens (tertiary/aromatic N) is 1. The van der Waals surface area contributed by atoms with Gasteiger partial charge in [0.2, 0.25) is 0 Å². The van der Waals surface area contributed by atoms with Gasteiger partial charge < -0.3 is 4.98 Å². The maximum absolute atomic E-state index is 11.8. The third-order valence-electron chi connectivity index (χ3n) is 2.75. The summed E-state index contributed by atoms with van der Waals surface area (Å²) in [7, 11) is 0. The van der Waals surface area contributed by atoms with Crippen molar-refractivity contribution in [3.63, 3.8) is 0 Å². The molecule has 0 bridgehead atoms. The van der Waals surface area contributed by atoms with Crippen molar-refractivity contribution in [3.05, 3.63) is 60.6 Å². The molecule has 1 N–H and O–H groups in total. The van der Waals surface area contributed by atoms with Gasteiger partial charge in [-0.3, -0.25) is 4.79 Å². The maximum Gasteiger partial charge on any atom is 0.265 e. The van der Waals surface area contributed by atoms with Crippen LogP contribution >= 0.6 is 31.9 Å². The molecule has 0 radical (unpaired) electrons. The molecule has 0 atom stereocenters. The van der Waals surface area contributed by atoms with Crippen LogP contribution < -0.4 is 5.56 Å². The molecule has 1 heterocycles. The maximum atomic E-state index is 11.8. The molecule has 1 aromatic heterocycles. The Labute approximate surface area is 128 Å². The topological polar surface area (TPSA) is 45.8 Å². The van der Waals surface area contributed by atoms with Crippen LogP contribution in [0, 0.1) is 0 Å². The molecule has 0 amide bonds. The molecule has 0 fully saturated rings. The van der Waals surface area contributed by atoms with Crippen molar-refractivity contribution < 1.29 is 0 Å². The summed E-state index contributed by atoms with van der Waals surface area (Å²) < 4.78 is 1.59. The number of hydrogen-bond donors (Lipinski definition) is 1. The molecule has 19 heavy (non-hydrogen) atoms. The third kappa shape index (κ3) is 3.76. The SMILES string of the molecule is CCCc1nc(Cc2ccc(Br)cc2)[nH]c(=O)c1Br. The molecule has 0 aliphatic carbocycles. The standard InChI is InChI=1S/C14H14Br2N2O/c1-2-3-11-13(16)14(19)18-12(17-11)8-9-4-6-10(15)7-5-9/h4-7H,2-3,8H2,1H3,(H,17,18,19).